The van der Waals surface area contributed by atoms with Gasteiger partial charge in [0.15, 0.2) is 0 Å². The Bertz CT molecular complexity index is 223. The van der Waals surface area contributed by atoms with Crippen LogP contribution in [-0.4, -0.2) is 49.8 Å². The highest BCUT2D eigenvalue weighted by Crippen LogP contribution is 2.29. The number of nitrogens with one attached hydrogen (secondary N) is 1. The molecular weight excluding hydrogens is 224 g/mol. The van der Waals surface area contributed by atoms with Crippen LogP contribution in [0.25, 0.3) is 0 Å². The maximum absolute atomic E-state index is 5.63. The van der Waals surface area contributed by atoms with Crippen LogP contribution >= 0.6 is 0 Å². The molecule has 2 saturated heterocycles. The summed E-state index contributed by atoms with van der Waals surface area (Å²) in [5.41, 5.74) is 0. The van der Waals surface area contributed by atoms with E-state index in [0.29, 0.717) is 0 Å². The Balaban J connectivity index is 1.47. The normalized spacial score (nSPS) is 33.8. The van der Waals surface area contributed by atoms with Gasteiger partial charge in [-0.2, -0.15) is 0 Å². The van der Waals surface area contributed by atoms with Gasteiger partial charge in [0.05, 0.1) is 6.61 Å². The summed E-state index contributed by atoms with van der Waals surface area (Å²) in [5, 5.41) is 3.70. The lowest BCUT2D eigenvalue weighted by Gasteiger charge is -2.34. The summed E-state index contributed by atoms with van der Waals surface area (Å²) in [6, 6.07) is 1.65. The Kier molecular flexibility index (Phi) is 4.55. The summed E-state index contributed by atoms with van der Waals surface area (Å²) in [7, 11) is 0. The maximum Gasteiger partial charge on any atom is 0.0506 e. The van der Waals surface area contributed by atoms with Crippen molar-refractivity contribution in [3.8, 4) is 0 Å². The molecule has 3 aliphatic rings. The maximum atomic E-state index is 5.63. The van der Waals surface area contributed by atoms with Crippen LogP contribution in [0.3, 0.4) is 0 Å². The highest BCUT2D eigenvalue weighted by atomic mass is 16.5. The van der Waals surface area contributed by atoms with Crippen molar-refractivity contribution < 1.29 is 4.74 Å². The largest absolute Gasteiger partial charge is 0.381 e. The molecule has 2 aliphatic heterocycles. The molecule has 0 radical (unpaired) electrons. The third kappa shape index (κ3) is 3.69. The van der Waals surface area contributed by atoms with Crippen LogP contribution in [0.1, 0.15) is 44.9 Å². The van der Waals surface area contributed by atoms with Gasteiger partial charge in [-0.3, -0.25) is 4.90 Å². The van der Waals surface area contributed by atoms with Crippen molar-refractivity contribution >= 4 is 0 Å². The molecule has 3 nitrogen and oxygen atoms in total. The van der Waals surface area contributed by atoms with Crippen LogP contribution in [-0.2, 0) is 4.74 Å². The van der Waals surface area contributed by atoms with E-state index in [-0.39, 0.29) is 0 Å². The van der Waals surface area contributed by atoms with Gasteiger partial charge >= 0.3 is 0 Å². The van der Waals surface area contributed by atoms with E-state index in [1.165, 1.54) is 64.6 Å². The lowest BCUT2D eigenvalue weighted by Crippen LogP contribution is -2.46. The number of hydrogen-bond donors (Lipinski definition) is 1. The molecular formula is C15H28N2O. The highest BCUT2D eigenvalue weighted by molar-refractivity contribution is 4.89. The number of piperidine rings is 1. The second-order valence-corrected chi connectivity index (χ2v) is 6.42. The van der Waals surface area contributed by atoms with Crippen molar-refractivity contribution in [3.05, 3.63) is 0 Å². The van der Waals surface area contributed by atoms with Gasteiger partial charge in [0, 0.05) is 31.8 Å². The molecule has 3 heteroatoms. The summed E-state index contributed by atoms with van der Waals surface area (Å²) in [6.07, 6.45) is 9.68. The fraction of sp³-hybridized carbons (Fsp3) is 1.00. The Morgan fingerprint density at radius 1 is 1.00 bits per heavy atom. The number of nitrogens with zero attached hydrogens (tertiary/aromatic N) is 1. The van der Waals surface area contributed by atoms with Crippen LogP contribution in [0.2, 0.25) is 0 Å². The van der Waals surface area contributed by atoms with Crippen molar-refractivity contribution in [1.29, 1.82) is 0 Å². The van der Waals surface area contributed by atoms with Crippen LogP contribution in [0, 0.1) is 5.92 Å². The van der Waals surface area contributed by atoms with Gasteiger partial charge in [0.25, 0.3) is 0 Å². The first kappa shape index (κ1) is 12.9. The SMILES string of the molecule is C1CCC(CN(CC2CCCOC2)C2CC2)NC1. The molecule has 2 atom stereocenters. The van der Waals surface area contributed by atoms with Gasteiger partial charge in [-0.15, -0.1) is 0 Å². The lowest BCUT2D eigenvalue weighted by molar-refractivity contribution is 0.0350. The van der Waals surface area contributed by atoms with E-state index >= 15 is 0 Å². The number of rotatable bonds is 5. The van der Waals surface area contributed by atoms with Gasteiger partial charge in [0.1, 0.15) is 0 Å². The third-order valence-corrected chi connectivity index (χ3v) is 4.68. The van der Waals surface area contributed by atoms with E-state index in [2.05, 4.69) is 10.2 Å². The molecule has 0 amide bonds. The molecule has 2 heterocycles. The molecule has 1 N–H and O–H groups in total. The molecule has 0 spiro atoms. The quantitative estimate of drug-likeness (QED) is 0.810. The molecule has 0 aromatic heterocycles. The third-order valence-electron chi connectivity index (χ3n) is 4.68. The first-order chi connectivity index (χ1) is 8.92. The molecule has 0 bridgehead atoms. The van der Waals surface area contributed by atoms with E-state index in [4.69, 9.17) is 4.74 Å². The minimum atomic E-state index is 0.754. The predicted molar refractivity (Wildman–Crippen MR) is 73.8 cm³/mol. The molecule has 18 heavy (non-hydrogen) atoms. The van der Waals surface area contributed by atoms with E-state index < -0.39 is 0 Å². The Morgan fingerprint density at radius 3 is 2.61 bits per heavy atom. The molecule has 1 saturated carbocycles. The van der Waals surface area contributed by atoms with E-state index in [9.17, 15) is 0 Å². The zero-order chi connectivity index (χ0) is 12.2. The lowest BCUT2D eigenvalue weighted by atomic mass is 10.00. The zero-order valence-electron chi connectivity index (χ0n) is 11.6. The number of ether oxygens (including phenoxy) is 1. The van der Waals surface area contributed by atoms with Crippen LogP contribution in [0.15, 0.2) is 0 Å². The van der Waals surface area contributed by atoms with Crippen molar-refractivity contribution in [2.24, 2.45) is 5.92 Å². The van der Waals surface area contributed by atoms with E-state index in [0.717, 1.165) is 31.2 Å². The molecule has 3 rings (SSSR count). The average Bonchev–Trinajstić information content (AvgIpc) is 3.25. The Morgan fingerprint density at radius 2 is 1.94 bits per heavy atom. The van der Waals surface area contributed by atoms with Gasteiger partial charge in [0.2, 0.25) is 0 Å². The van der Waals surface area contributed by atoms with Crippen LogP contribution < -0.4 is 5.32 Å². The van der Waals surface area contributed by atoms with E-state index in [1.54, 1.807) is 0 Å². The molecule has 104 valence electrons. The Labute approximate surface area is 111 Å². The molecule has 0 aromatic rings. The average molecular weight is 252 g/mol. The van der Waals surface area contributed by atoms with Crippen LogP contribution in [0.4, 0.5) is 0 Å². The summed E-state index contributed by atoms with van der Waals surface area (Å²) < 4.78 is 5.63. The first-order valence-electron chi connectivity index (χ1n) is 7.97. The molecule has 0 aromatic carbocycles. The smallest absolute Gasteiger partial charge is 0.0506 e. The van der Waals surface area contributed by atoms with Crippen LogP contribution in [0.5, 0.6) is 0 Å². The summed E-state index contributed by atoms with van der Waals surface area (Å²) in [6.45, 7) is 5.78. The van der Waals surface area contributed by atoms with E-state index in [1.807, 2.05) is 0 Å². The topological polar surface area (TPSA) is 24.5 Å². The fourth-order valence-electron chi connectivity index (χ4n) is 3.46. The summed E-state index contributed by atoms with van der Waals surface area (Å²) in [4.78, 5) is 2.77. The second-order valence-electron chi connectivity index (χ2n) is 6.42. The van der Waals surface area contributed by atoms with Crippen molar-refractivity contribution in [1.82, 2.24) is 10.2 Å². The monoisotopic (exact) mass is 252 g/mol. The zero-order valence-corrected chi connectivity index (χ0v) is 11.6. The van der Waals surface area contributed by atoms with Crippen molar-refractivity contribution in [2.75, 3.05) is 32.8 Å². The summed E-state index contributed by atoms with van der Waals surface area (Å²) in [5.74, 6) is 0.794. The summed E-state index contributed by atoms with van der Waals surface area (Å²) >= 11 is 0. The Hall–Kier alpha value is -0.120. The van der Waals surface area contributed by atoms with Crippen molar-refractivity contribution in [3.63, 3.8) is 0 Å². The molecule has 3 fully saturated rings. The predicted octanol–water partition coefficient (Wildman–Crippen LogP) is 2.02. The second kappa shape index (κ2) is 6.36. The standard InChI is InChI=1S/C15H28N2O/c1-2-8-16-14(5-1)11-17(15-6-7-15)10-13-4-3-9-18-12-13/h13-16H,1-12H2. The fourth-order valence-corrected chi connectivity index (χ4v) is 3.46. The molecule has 2 unspecified atom stereocenters. The van der Waals surface area contributed by atoms with Gasteiger partial charge in [-0.25, -0.2) is 0 Å². The van der Waals surface area contributed by atoms with Crippen molar-refractivity contribution in [2.45, 2.75) is 57.0 Å². The number of hydrogen-bond acceptors (Lipinski definition) is 3. The minimum Gasteiger partial charge on any atom is -0.381 e. The van der Waals surface area contributed by atoms with Gasteiger partial charge in [-0.1, -0.05) is 6.42 Å². The van der Waals surface area contributed by atoms with Gasteiger partial charge < -0.3 is 10.1 Å². The first-order valence-corrected chi connectivity index (χ1v) is 7.97. The minimum absolute atomic E-state index is 0.754. The highest BCUT2D eigenvalue weighted by Gasteiger charge is 2.32. The molecule has 1 aliphatic carbocycles. The van der Waals surface area contributed by atoms with Gasteiger partial charge in [-0.05, 0) is 51.0 Å².